The summed E-state index contributed by atoms with van der Waals surface area (Å²) in [5, 5.41) is 4.56. The van der Waals surface area contributed by atoms with Gasteiger partial charge in [-0.25, -0.2) is 8.78 Å². The zero-order valence-electron chi connectivity index (χ0n) is 8.49. The Balaban J connectivity index is 3.84. The van der Waals surface area contributed by atoms with Crippen LogP contribution in [0.15, 0.2) is 0 Å². The molecule has 0 rings (SSSR count). The predicted octanol–water partition coefficient (Wildman–Crippen LogP) is 1.00. The van der Waals surface area contributed by atoms with Crippen LogP contribution in [-0.4, -0.2) is 37.4 Å². The minimum atomic E-state index is -4.61. The molecule has 90 valence electrons. The number of hydrogen-bond donors (Lipinski definition) is 2. The quantitative estimate of drug-likeness (QED) is 0.528. The molecule has 0 aliphatic rings. The van der Waals surface area contributed by atoms with Crippen LogP contribution in [0.3, 0.4) is 0 Å². The van der Waals surface area contributed by atoms with E-state index in [-0.39, 0.29) is 19.1 Å². The molecule has 0 aliphatic carbocycles. The summed E-state index contributed by atoms with van der Waals surface area (Å²) in [4.78, 5) is 10.6. The second kappa shape index (κ2) is 5.89. The van der Waals surface area contributed by atoms with Gasteiger partial charge < -0.3 is 10.6 Å². The molecule has 0 aliphatic heterocycles. The van der Waals surface area contributed by atoms with Crippen molar-refractivity contribution in [3.8, 4) is 0 Å². The molecule has 0 fully saturated rings. The molecule has 3 nitrogen and oxygen atoms in total. The average molecular weight is 230 g/mol. The van der Waals surface area contributed by atoms with Crippen LogP contribution >= 0.6 is 0 Å². The Morgan fingerprint density at radius 3 is 2.20 bits per heavy atom. The van der Waals surface area contributed by atoms with E-state index in [1.807, 2.05) is 13.8 Å². The van der Waals surface area contributed by atoms with E-state index >= 15 is 0 Å². The topological polar surface area (TPSA) is 41.1 Å². The molecule has 0 atom stereocenters. The Hall–Kier alpha value is -0.850. The molecule has 0 aromatic heterocycles. The largest absolute Gasteiger partial charge is 0.383 e. The van der Waals surface area contributed by atoms with E-state index in [0.717, 1.165) is 0 Å². The Bertz CT molecular complexity index is 209. The van der Waals surface area contributed by atoms with Crippen molar-refractivity contribution in [2.45, 2.75) is 32.2 Å². The number of hydrogen-bond acceptors (Lipinski definition) is 2. The van der Waals surface area contributed by atoms with Crippen LogP contribution in [0.25, 0.3) is 0 Å². The first-order valence-corrected chi connectivity index (χ1v) is 4.46. The third-order valence-electron chi connectivity index (χ3n) is 1.54. The number of halogens is 4. The second-order valence-electron chi connectivity index (χ2n) is 3.29. The SMILES string of the molecule is CC(C)NCCNC(=O)C(F)(F)C(F)F. The molecule has 0 saturated carbocycles. The number of amides is 1. The Morgan fingerprint density at radius 1 is 1.27 bits per heavy atom. The molecule has 0 unspecified atom stereocenters. The zero-order valence-corrected chi connectivity index (χ0v) is 8.49. The average Bonchev–Trinajstić information content (AvgIpc) is 2.11. The molecule has 0 spiro atoms. The lowest BCUT2D eigenvalue weighted by atomic mass is 10.3. The summed E-state index contributed by atoms with van der Waals surface area (Å²) in [5.74, 6) is -6.55. The molecular formula is C8H14F4N2O. The van der Waals surface area contributed by atoms with Crippen molar-refractivity contribution < 1.29 is 22.4 Å². The van der Waals surface area contributed by atoms with E-state index in [1.54, 1.807) is 5.32 Å². The monoisotopic (exact) mass is 230 g/mol. The fraction of sp³-hybridized carbons (Fsp3) is 0.875. The lowest BCUT2D eigenvalue weighted by molar-refractivity contribution is -0.169. The molecule has 0 aromatic carbocycles. The first-order chi connectivity index (χ1) is 6.78. The van der Waals surface area contributed by atoms with Crippen molar-refractivity contribution in [1.29, 1.82) is 0 Å². The summed E-state index contributed by atoms with van der Waals surface area (Å²) in [6.45, 7) is 3.80. The molecule has 15 heavy (non-hydrogen) atoms. The van der Waals surface area contributed by atoms with Gasteiger partial charge in [0.2, 0.25) is 0 Å². The van der Waals surface area contributed by atoms with Gasteiger partial charge in [0.25, 0.3) is 5.91 Å². The Morgan fingerprint density at radius 2 is 1.80 bits per heavy atom. The number of rotatable bonds is 6. The standard InChI is InChI=1S/C8H14F4N2O/c1-5(2)13-3-4-14-7(15)8(11,12)6(9)10/h5-6,13H,3-4H2,1-2H3,(H,14,15). The van der Waals surface area contributed by atoms with Gasteiger partial charge in [-0.3, -0.25) is 4.79 Å². The highest BCUT2D eigenvalue weighted by atomic mass is 19.3. The summed E-state index contributed by atoms with van der Waals surface area (Å²) < 4.78 is 48.0. The lowest BCUT2D eigenvalue weighted by Crippen LogP contribution is -2.47. The third-order valence-corrected chi connectivity index (χ3v) is 1.54. The van der Waals surface area contributed by atoms with Crippen molar-refractivity contribution in [2.24, 2.45) is 0 Å². The van der Waals surface area contributed by atoms with Crippen LogP contribution in [0.5, 0.6) is 0 Å². The first-order valence-electron chi connectivity index (χ1n) is 4.46. The highest BCUT2D eigenvalue weighted by Crippen LogP contribution is 2.22. The smallest absolute Gasteiger partial charge is 0.349 e. The highest BCUT2D eigenvalue weighted by molar-refractivity contribution is 5.83. The molecule has 0 radical (unpaired) electrons. The van der Waals surface area contributed by atoms with Gasteiger partial charge in [-0.15, -0.1) is 0 Å². The fourth-order valence-electron chi connectivity index (χ4n) is 0.754. The maximum Gasteiger partial charge on any atom is 0.383 e. The summed E-state index contributed by atoms with van der Waals surface area (Å²) in [7, 11) is 0. The molecule has 1 amide bonds. The summed E-state index contributed by atoms with van der Waals surface area (Å²) in [6.07, 6.45) is -3.98. The highest BCUT2D eigenvalue weighted by Gasteiger charge is 2.48. The Kier molecular flexibility index (Phi) is 5.56. The van der Waals surface area contributed by atoms with Crippen LogP contribution in [-0.2, 0) is 4.79 Å². The van der Waals surface area contributed by atoms with Crippen molar-refractivity contribution >= 4 is 5.91 Å². The molecule has 0 saturated heterocycles. The summed E-state index contributed by atoms with van der Waals surface area (Å²) >= 11 is 0. The molecule has 0 aromatic rings. The van der Waals surface area contributed by atoms with Gasteiger partial charge in [-0.05, 0) is 0 Å². The van der Waals surface area contributed by atoms with E-state index in [4.69, 9.17) is 0 Å². The summed E-state index contributed by atoms with van der Waals surface area (Å²) in [5.41, 5.74) is 0. The van der Waals surface area contributed by atoms with Crippen molar-refractivity contribution in [3.63, 3.8) is 0 Å². The van der Waals surface area contributed by atoms with Gasteiger partial charge in [0, 0.05) is 19.1 Å². The number of carbonyl (C=O) groups excluding carboxylic acids is 1. The van der Waals surface area contributed by atoms with Crippen molar-refractivity contribution in [2.75, 3.05) is 13.1 Å². The molecule has 7 heteroatoms. The number of nitrogens with one attached hydrogen (secondary N) is 2. The minimum Gasteiger partial charge on any atom is -0.349 e. The van der Waals surface area contributed by atoms with E-state index < -0.39 is 18.3 Å². The van der Waals surface area contributed by atoms with Gasteiger partial charge in [-0.2, -0.15) is 8.78 Å². The van der Waals surface area contributed by atoms with Crippen molar-refractivity contribution in [3.05, 3.63) is 0 Å². The molecule has 0 bridgehead atoms. The number of alkyl halides is 4. The van der Waals surface area contributed by atoms with Gasteiger partial charge >= 0.3 is 12.3 Å². The van der Waals surface area contributed by atoms with Gasteiger partial charge in [0.05, 0.1) is 0 Å². The maximum atomic E-state index is 12.3. The van der Waals surface area contributed by atoms with Gasteiger partial charge in [-0.1, -0.05) is 13.8 Å². The Labute approximate surface area is 85.2 Å². The fourth-order valence-corrected chi connectivity index (χ4v) is 0.754. The molecule has 2 N–H and O–H groups in total. The van der Waals surface area contributed by atoms with Crippen LogP contribution in [0.1, 0.15) is 13.8 Å². The van der Waals surface area contributed by atoms with Crippen molar-refractivity contribution in [1.82, 2.24) is 10.6 Å². The van der Waals surface area contributed by atoms with Crippen LogP contribution < -0.4 is 10.6 Å². The molecule has 0 heterocycles. The van der Waals surface area contributed by atoms with E-state index in [2.05, 4.69) is 5.32 Å². The van der Waals surface area contributed by atoms with E-state index in [9.17, 15) is 22.4 Å². The zero-order chi connectivity index (χ0) is 12.1. The van der Waals surface area contributed by atoms with E-state index in [0.29, 0.717) is 0 Å². The first kappa shape index (κ1) is 14.2. The van der Waals surface area contributed by atoms with Crippen LogP contribution in [0, 0.1) is 0 Å². The number of carbonyl (C=O) groups is 1. The second-order valence-corrected chi connectivity index (χ2v) is 3.29. The van der Waals surface area contributed by atoms with Gasteiger partial charge in [0.15, 0.2) is 0 Å². The van der Waals surface area contributed by atoms with Gasteiger partial charge in [0.1, 0.15) is 0 Å². The third kappa shape index (κ3) is 4.96. The van der Waals surface area contributed by atoms with Crippen LogP contribution in [0.2, 0.25) is 0 Å². The summed E-state index contributed by atoms with van der Waals surface area (Å²) in [6, 6.07) is 0.137. The lowest BCUT2D eigenvalue weighted by Gasteiger charge is -2.15. The normalized spacial score (nSPS) is 12.3. The maximum absolute atomic E-state index is 12.3. The predicted molar refractivity (Wildman–Crippen MR) is 47.1 cm³/mol. The minimum absolute atomic E-state index is 0.112. The molecular weight excluding hydrogens is 216 g/mol. The van der Waals surface area contributed by atoms with E-state index in [1.165, 1.54) is 0 Å². The van der Waals surface area contributed by atoms with Crippen LogP contribution in [0.4, 0.5) is 17.6 Å².